The summed E-state index contributed by atoms with van der Waals surface area (Å²) in [7, 11) is -2.43. The van der Waals surface area contributed by atoms with Gasteiger partial charge in [0.1, 0.15) is 5.82 Å². The Bertz CT molecular complexity index is 1570. The molecule has 0 aliphatic carbocycles. The van der Waals surface area contributed by atoms with Crippen molar-refractivity contribution in [3.63, 3.8) is 0 Å². The van der Waals surface area contributed by atoms with Crippen LogP contribution in [0.3, 0.4) is 0 Å². The number of para-hydroxylation sites is 1. The monoisotopic (exact) mass is 513 g/mol. The third kappa shape index (κ3) is 5.34. The summed E-state index contributed by atoms with van der Waals surface area (Å²) in [5.74, 6) is -1.14. The quantitative estimate of drug-likeness (QED) is 0.390. The Balaban J connectivity index is 1.76. The lowest BCUT2D eigenvalue weighted by atomic mass is 10.1. The first-order chi connectivity index (χ1) is 16.7. The molecule has 1 heterocycles. The van der Waals surface area contributed by atoms with E-state index in [0.717, 1.165) is 45.6 Å². The van der Waals surface area contributed by atoms with Crippen molar-refractivity contribution in [2.24, 2.45) is 4.99 Å². The number of methoxy groups -OCH3 is 1. The zero-order valence-corrected chi connectivity index (χ0v) is 21.0. The lowest BCUT2D eigenvalue weighted by Gasteiger charge is -2.11. The summed E-state index contributed by atoms with van der Waals surface area (Å²) in [5, 5.41) is 0. The molecule has 1 N–H and O–H groups in total. The largest absolute Gasteiger partial charge is 0.383 e. The Morgan fingerprint density at radius 2 is 1.77 bits per heavy atom. The van der Waals surface area contributed by atoms with Crippen LogP contribution in [-0.2, 0) is 21.3 Å². The lowest BCUT2D eigenvalue weighted by molar-refractivity contribution is 0.0998. The first-order valence-corrected chi connectivity index (χ1v) is 13.1. The minimum Gasteiger partial charge on any atom is -0.383 e. The van der Waals surface area contributed by atoms with Gasteiger partial charge in [0.2, 0.25) is 0 Å². The van der Waals surface area contributed by atoms with Crippen molar-refractivity contribution in [1.82, 2.24) is 4.57 Å². The Hall–Kier alpha value is -3.34. The molecule has 0 saturated heterocycles. The van der Waals surface area contributed by atoms with Crippen molar-refractivity contribution >= 4 is 43.2 Å². The number of carbonyl (C=O) groups is 1. The number of thiazole rings is 1. The van der Waals surface area contributed by atoms with Gasteiger partial charge < -0.3 is 9.30 Å². The van der Waals surface area contributed by atoms with Crippen molar-refractivity contribution < 1.29 is 22.3 Å². The number of hydrogen-bond donors (Lipinski definition) is 1. The second kappa shape index (κ2) is 10.1. The summed E-state index contributed by atoms with van der Waals surface area (Å²) in [6.45, 7) is 5.00. The second-order valence-electron chi connectivity index (χ2n) is 7.96. The van der Waals surface area contributed by atoms with E-state index in [1.165, 1.54) is 23.5 Å². The van der Waals surface area contributed by atoms with E-state index in [2.05, 4.69) is 21.8 Å². The Morgan fingerprint density at radius 1 is 1.09 bits per heavy atom. The molecule has 0 fully saturated rings. The molecule has 7 nitrogen and oxygen atoms in total. The van der Waals surface area contributed by atoms with Gasteiger partial charge in [0.05, 0.1) is 33.0 Å². The van der Waals surface area contributed by atoms with Gasteiger partial charge in [0.25, 0.3) is 15.9 Å². The predicted molar refractivity (Wildman–Crippen MR) is 135 cm³/mol. The number of aromatic nitrogens is 1. The van der Waals surface area contributed by atoms with E-state index in [1.807, 2.05) is 18.4 Å². The first kappa shape index (κ1) is 24.8. The topological polar surface area (TPSA) is 89.8 Å². The zero-order valence-electron chi connectivity index (χ0n) is 19.4. The molecular weight excluding hydrogens is 489 g/mol. The van der Waals surface area contributed by atoms with Crippen LogP contribution in [0.25, 0.3) is 10.2 Å². The van der Waals surface area contributed by atoms with Gasteiger partial charge in [-0.1, -0.05) is 23.5 Å². The zero-order chi connectivity index (χ0) is 25.2. The molecular formula is C25H24FN3O4S2. The third-order valence-corrected chi connectivity index (χ3v) is 7.96. The highest BCUT2D eigenvalue weighted by molar-refractivity contribution is 7.92. The first-order valence-electron chi connectivity index (χ1n) is 10.8. The molecule has 1 aromatic heterocycles. The molecule has 0 aliphatic rings. The summed E-state index contributed by atoms with van der Waals surface area (Å²) in [6.07, 6.45) is 0. The smallest absolute Gasteiger partial charge is 0.281 e. The standard InChI is InChI=1S/C25H24FN3O4S2/c1-16-14-22-23(15-17(16)2)34-25(29(22)12-13-33-3)27-24(30)20-6-4-5-7-21(20)28-35(31,32)19-10-8-18(26)9-11-19/h4-11,14-15,28H,12-13H2,1-3H3. The third-order valence-electron chi connectivity index (χ3n) is 5.54. The maximum Gasteiger partial charge on any atom is 0.281 e. The van der Waals surface area contributed by atoms with Gasteiger partial charge in [-0.25, -0.2) is 12.8 Å². The molecule has 1 amide bonds. The molecule has 4 rings (SSSR count). The molecule has 0 atom stereocenters. The predicted octanol–water partition coefficient (Wildman–Crippen LogP) is 4.65. The van der Waals surface area contributed by atoms with Gasteiger partial charge >= 0.3 is 0 Å². The van der Waals surface area contributed by atoms with Gasteiger partial charge in [0.15, 0.2) is 4.80 Å². The minimum absolute atomic E-state index is 0.0850. The van der Waals surface area contributed by atoms with Crippen LogP contribution in [-0.4, -0.2) is 32.6 Å². The van der Waals surface area contributed by atoms with E-state index in [0.29, 0.717) is 18.0 Å². The fourth-order valence-electron chi connectivity index (χ4n) is 3.53. The van der Waals surface area contributed by atoms with Crippen molar-refractivity contribution in [2.75, 3.05) is 18.4 Å². The number of aryl methyl sites for hydroxylation is 2. The van der Waals surface area contributed by atoms with E-state index in [-0.39, 0.29) is 16.1 Å². The number of rotatable bonds is 7. The number of halogens is 1. The fraction of sp³-hybridized carbons (Fsp3) is 0.200. The molecule has 0 unspecified atom stereocenters. The molecule has 0 bridgehead atoms. The SMILES string of the molecule is COCCn1c(=NC(=O)c2ccccc2NS(=O)(=O)c2ccc(F)cc2)sc2cc(C)c(C)cc21. The van der Waals surface area contributed by atoms with Crippen molar-refractivity contribution in [2.45, 2.75) is 25.3 Å². The molecule has 0 saturated carbocycles. The van der Waals surface area contributed by atoms with Crippen LogP contribution in [0.4, 0.5) is 10.1 Å². The number of carbonyl (C=O) groups excluding carboxylic acids is 1. The van der Waals surface area contributed by atoms with Crippen LogP contribution < -0.4 is 9.52 Å². The van der Waals surface area contributed by atoms with Gasteiger partial charge in [-0.15, -0.1) is 0 Å². The maximum atomic E-state index is 13.2. The summed E-state index contributed by atoms with van der Waals surface area (Å²) in [4.78, 5) is 18.0. The highest BCUT2D eigenvalue weighted by Gasteiger charge is 2.19. The van der Waals surface area contributed by atoms with Crippen LogP contribution in [0.2, 0.25) is 0 Å². The average Bonchev–Trinajstić information content (AvgIpc) is 3.13. The lowest BCUT2D eigenvalue weighted by Crippen LogP contribution is -2.20. The summed E-state index contributed by atoms with van der Waals surface area (Å²) in [6, 6.07) is 14.8. The number of amides is 1. The van der Waals surface area contributed by atoms with E-state index in [4.69, 9.17) is 4.74 Å². The van der Waals surface area contributed by atoms with Crippen LogP contribution in [0, 0.1) is 19.7 Å². The van der Waals surface area contributed by atoms with Crippen molar-refractivity contribution in [3.05, 3.63) is 88.0 Å². The van der Waals surface area contributed by atoms with Gasteiger partial charge in [-0.05, 0) is 73.5 Å². The number of benzene rings is 3. The second-order valence-corrected chi connectivity index (χ2v) is 10.6. The number of nitrogens with one attached hydrogen (secondary N) is 1. The van der Waals surface area contributed by atoms with E-state index in [1.54, 1.807) is 19.2 Å². The Morgan fingerprint density at radius 3 is 2.49 bits per heavy atom. The van der Waals surface area contributed by atoms with E-state index < -0.39 is 21.7 Å². The van der Waals surface area contributed by atoms with E-state index >= 15 is 0 Å². The summed E-state index contributed by atoms with van der Waals surface area (Å²) in [5.41, 5.74) is 3.39. The molecule has 0 aliphatic heterocycles. The van der Waals surface area contributed by atoms with Crippen LogP contribution >= 0.6 is 11.3 Å². The normalized spacial score (nSPS) is 12.3. The minimum atomic E-state index is -4.04. The number of nitrogens with zero attached hydrogens (tertiary/aromatic N) is 2. The highest BCUT2D eigenvalue weighted by Crippen LogP contribution is 2.24. The van der Waals surface area contributed by atoms with Crippen LogP contribution in [0.5, 0.6) is 0 Å². The van der Waals surface area contributed by atoms with Crippen LogP contribution in [0.1, 0.15) is 21.5 Å². The summed E-state index contributed by atoms with van der Waals surface area (Å²) < 4.78 is 49.4. The highest BCUT2D eigenvalue weighted by atomic mass is 32.2. The maximum absolute atomic E-state index is 13.2. The molecule has 182 valence electrons. The van der Waals surface area contributed by atoms with E-state index in [9.17, 15) is 17.6 Å². The number of fused-ring (bicyclic) bond motifs is 1. The van der Waals surface area contributed by atoms with Gasteiger partial charge in [-0.3, -0.25) is 9.52 Å². The fourth-order valence-corrected chi connectivity index (χ4v) is 5.74. The van der Waals surface area contributed by atoms with Crippen molar-refractivity contribution in [3.8, 4) is 0 Å². The number of hydrogen-bond acceptors (Lipinski definition) is 5. The number of ether oxygens (including phenoxy) is 1. The molecule has 0 radical (unpaired) electrons. The van der Waals surface area contributed by atoms with Crippen LogP contribution in [0.15, 0.2) is 70.6 Å². The molecule has 3 aromatic carbocycles. The van der Waals surface area contributed by atoms with Crippen molar-refractivity contribution in [1.29, 1.82) is 0 Å². The number of anilines is 1. The molecule has 10 heteroatoms. The Labute approximate surface area is 206 Å². The van der Waals surface area contributed by atoms with Gasteiger partial charge in [-0.2, -0.15) is 4.99 Å². The number of sulfonamides is 1. The van der Waals surface area contributed by atoms with Gasteiger partial charge in [0, 0.05) is 13.7 Å². The summed E-state index contributed by atoms with van der Waals surface area (Å²) >= 11 is 1.38. The molecule has 35 heavy (non-hydrogen) atoms. The Kier molecular flexibility index (Phi) is 7.15. The molecule has 0 spiro atoms. The average molecular weight is 514 g/mol. The molecule has 4 aromatic rings.